The van der Waals surface area contributed by atoms with Crippen LogP contribution in [0.5, 0.6) is 0 Å². The van der Waals surface area contributed by atoms with Crippen LogP contribution >= 0.6 is 0 Å². The first-order chi connectivity index (χ1) is 15.0. The first-order valence-electron chi connectivity index (χ1n) is 9.42. The minimum absolute atomic E-state index is 0.0252. The highest BCUT2D eigenvalue weighted by Crippen LogP contribution is 2.23. The molecular formula is C19H21FN6O4S2. The molecule has 0 atom stereocenters. The molecule has 0 radical (unpaired) electrons. The fourth-order valence-electron chi connectivity index (χ4n) is 2.95. The van der Waals surface area contributed by atoms with E-state index in [9.17, 15) is 21.2 Å². The summed E-state index contributed by atoms with van der Waals surface area (Å²) in [6, 6.07) is 0. The van der Waals surface area contributed by atoms with Gasteiger partial charge < -0.3 is 0 Å². The Kier molecular flexibility index (Phi) is 7.23. The third kappa shape index (κ3) is 7.09. The summed E-state index contributed by atoms with van der Waals surface area (Å²) < 4.78 is 62.1. The van der Waals surface area contributed by atoms with E-state index in [-0.39, 0.29) is 18.2 Å². The Morgan fingerprint density at radius 3 is 2.53 bits per heavy atom. The maximum Gasteiger partial charge on any atom is 0.251 e. The molecule has 0 amide bonds. The van der Waals surface area contributed by atoms with E-state index in [2.05, 4.69) is 24.7 Å². The van der Waals surface area contributed by atoms with Crippen molar-refractivity contribution < 1.29 is 21.2 Å². The summed E-state index contributed by atoms with van der Waals surface area (Å²) in [6.45, 7) is 0. The van der Waals surface area contributed by atoms with E-state index in [0.29, 0.717) is 41.8 Å². The summed E-state index contributed by atoms with van der Waals surface area (Å²) in [7, 11) is -5.92. The zero-order valence-corrected chi connectivity index (χ0v) is 18.7. The zero-order chi connectivity index (χ0) is 23.4. The molecule has 3 rings (SSSR count). The Hall–Kier alpha value is -2.87. The van der Waals surface area contributed by atoms with Crippen molar-refractivity contribution in [3.05, 3.63) is 58.3 Å². The summed E-state index contributed by atoms with van der Waals surface area (Å²) in [5, 5.41) is 7.17. The molecule has 13 heteroatoms. The van der Waals surface area contributed by atoms with Crippen molar-refractivity contribution in [3.8, 4) is 0 Å². The number of nitrogens with zero attached hydrogens (tertiary/aromatic N) is 4. The average molecular weight is 481 g/mol. The van der Waals surface area contributed by atoms with Gasteiger partial charge in [-0.05, 0) is 49.6 Å². The zero-order valence-electron chi connectivity index (χ0n) is 17.1. The molecule has 1 heterocycles. The van der Waals surface area contributed by atoms with Crippen molar-refractivity contribution in [2.45, 2.75) is 25.7 Å². The number of primary sulfonamides is 1. The summed E-state index contributed by atoms with van der Waals surface area (Å²) in [5.74, 6) is -0.958. The highest BCUT2D eigenvalue weighted by atomic mass is 32.2. The SMILES string of the molecule is CNS(=O)(=O)C=C1C=CC(=Nc2nc(N=C3C=CCC(=CS(N)(=O)=O)C3)ncc2F)CC1. The first kappa shape index (κ1) is 23.8. The van der Waals surface area contributed by atoms with Gasteiger partial charge in [0.1, 0.15) is 0 Å². The molecular weight excluding hydrogens is 459 g/mol. The largest absolute Gasteiger partial charge is 0.251 e. The van der Waals surface area contributed by atoms with E-state index >= 15 is 0 Å². The molecule has 0 aromatic carbocycles. The van der Waals surface area contributed by atoms with E-state index < -0.39 is 25.9 Å². The molecule has 2 aliphatic rings. The molecule has 10 nitrogen and oxygen atoms in total. The lowest BCUT2D eigenvalue weighted by Gasteiger charge is -2.11. The van der Waals surface area contributed by atoms with E-state index in [4.69, 9.17) is 5.14 Å². The monoisotopic (exact) mass is 480 g/mol. The van der Waals surface area contributed by atoms with Crippen molar-refractivity contribution in [2.75, 3.05) is 7.05 Å². The number of rotatable bonds is 5. The maximum atomic E-state index is 14.2. The number of sulfonamides is 2. The van der Waals surface area contributed by atoms with Crippen LogP contribution in [-0.4, -0.2) is 45.3 Å². The van der Waals surface area contributed by atoms with Crippen LogP contribution < -0.4 is 9.86 Å². The van der Waals surface area contributed by atoms with E-state index in [1.54, 1.807) is 24.3 Å². The fraction of sp³-hybridized carbons (Fsp3) is 0.263. The third-order valence-corrected chi connectivity index (χ3v) is 6.23. The van der Waals surface area contributed by atoms with E-state index in [0.717, 1.165) is 17.0 Å². The molecule has 1 aromatic heterocycles. The number of nitrogens with one attached hydrogen (secondary N) is 1. The Morgan fingerprint density at radius 1 is 1.09 bits per heavy atom. The fourth-order valence-corrected chi connectivity index (χ4v) is 4.30. The molecule has 0 unspecified atom stereocenters. The van der Waals surface area contributed by atoms with Gasteiger partial charge in [-0.3, -0.25) is 0 Å². The van der Waals surface area contributed by atoms with Crippen LogP contribution in [0.4, 0.5) is 16.2 Å². The minimum atomic E-state index is -3.76. The average Bonchev–Trinajstić information content (AvgIpc) is 2.71. The van der Waals surface area contributed by atoms with Gasteiger partial charge in [-0.15, -0.1) is 0 Å². The number of hydrogen-bond acceptors (Lipinski definition) is 8. The van der Waals surface area contributed by atoms with Gasteiger partial charge in [-0.25, -0.2) is 46.1 Å². The Morgan fingerprint density at radius 2 is 1.88 bits per heavy atom. The van der Waals surface area contributed by atoms with Crippen LogP contribution in [0, 0.1) is 5.82 Å². The van der Waals surface area contributed by atoms with Gasteiger partial charge >= 0.3 is 0 Å². The number of hydrogen-bond donors (Lipinski definition) is 2. The van der Waals surface area contributed by atoms with Crippen molar-refractivity contribution in [2.24, 2.45) is 15.1 Å². The Labute approximate surface area is 185 Å². The van der Waals surface area contributed by atoms with Gasteiger partial charge in [0.2, 0.25) is 20.0 Å². The number of nitrogens with two attached hydrogens (primary N) is 1. The first-order valence-corrected chi connectivity index (χ1v) is 12.6. The van der Waals surface area contributed by atoms with Crippen LogP contribution in [-0.2, 0) is 20.0 Å². The Bertz CT molecular complexity index is 1310. The molecule has 0 fully saturated rings. The predicted molar refractivity (Wildman–Crippen MR) is 120 cm³/mol. The van der Waals surface area contributed by atoms with E-state index in [1.807, 2.05) is 0 Å². The molecule has 3 N–H and O–H groups in total. The topological polar surface area (TPSA) is 157 Å². The lowest BCUT2D eigenvalue weighted by Crippen LogP contribution is -2.16. The second-order valence-corrected chi connectivity index (χ2v) is 10.1. The molecule has 32 heavy (non-hydrogen) atoms. The van der Waals surface area contributed by atoms with Crippen molar-refractivity contribution >= 4 is 43.2 Å². The third-order valence-electron chi connectivity index (χ3n) is 4.39. The van der Waals surface area contributed by atoms with Gasteiger partial charge in [0.15, 0.2) is 11.6 Å². The van der Waals surface area contributed by atoms with Crippen LogP contribution in [0.3, 0.4) is 0 Å². The smallest absolute Gasteiger partial charge is 0.231 e. The number of halogens is 1. The summed E-state index contributed by atoms with van der Waals surface area (Å²) in [6.07, 6.45) is 9.08. The van der Waals surface area contributed by atoms with E-state index in [1.165, 1.54) is 7.05 Å². The van der Waals surface area contributed by atoms with Crippen molar-refractivity contribution in [3.63, 3.8) is 0 Å². The molecule has 0 spiro atoms. The molecule has 170 valence electrons. The molecule has 0 saturated carbocycles. The normalized spacial score (nSPS) is 22.3. The van der Waals surface area contributed by atoms with Gasteiger partial charge in [0, 0.05) is 28.7 Å². The van der Waals surface area contributed by atoms with Gasteiger partial charge in [0.05, 0.1) is 6.20 Å². The van der Waals surface area contributed by atoms with Crippen molar-refractivity contribution in [1.29, 1.82) is 0 Å². The minimum Gasteiger partial charge on any atom is -0.231 e. The van der Waals surface area contributed by atoms with Crippen LogP contribution in [0.15, 0.2) is 62.4 Å². The van der Waals surface area contributed by atoms with Gasteiger partial charge in [-0.2, -0.15) is 4.98 Å². The highest BCUT2D eigenvalue weighted by Gasteiger charge is 2.14. The van der Waals surface area contributed by atoms with Crippen LogP contribution in [0.2, 0.25) is 0 Å². The molecule has 0 aliphatic heterocycles. The summed E-state index contributed by atoms with van der Waals surface area (Å²) >= 11 is 0. The Balaban J connectivity index is 1.83. The quantitative estimate of drug-likeness (QED) is 0.657. The molecule has 0 bridgehead atoms. The second-order valence-electron chi connectivity index (χ2n) is 6.97. The maximum absolute atomic E-state index is 14.2. The predicted octanol–water partition coefficient (Wildman–Crippen LogP) is 2.07. The van der Waals surface area contributed by atoms with Crippen molar-refractivity contribution in [1.82, 2.24) is 14.7 Å². The van der Waals surface area contributed by atoms with Crippen LogP contribution in [0.1, 0.15) is 25.7 Å². The second kappa shape index (κ2) is 9.73. The number of aliphatic imine (C=N–C) groups is 2. The molecule has 2 aliphatic carbocycles. The molecule has 0 saturated heterocycles. The van der Waals surface area contributed by atoms with Gasteiger partial charge in [0.25, 0.3) is 5.95 Å². The van der Waals surface area contributed by atoms with Crippen LogP contribution in [0.25, 0.3) is 0 Å². The number of allylic oxidation sites excluding steroid dienone is 6. The summed E-state index contributed by atoms with van der Waals surface area (Å²) in [5.41, 5.74) is 2.18. The molecule has 1 aromatic rings. The lowest BCUT2D eigenvalue weighted by molar-refractivity contribution is 0.596. The number of aromatic nitrogens is 2. The van der Waals surface area contributed by atoms with Gasteiger partial charge in [-0.1, -0.05) is 12.2 Å². The standard InChI is InChI=1S/C19H21FN6O4S2/c1-22-32(29,30)12-13-5-7-15(8-6-13)24-18-17(20)10-23-19(26-18)25-16-4-2-3-14(9-16)11-31(21,27)28/h2,4-5,7,10-12,22H,3,6,8-9H2,1H3,(H2,21,27,28). The summed E-state index contributed by atoms with van der Waals surface area (Å²) in [4.78, 5) is 16.3. The highest BCUT2D eigenvalue weighted by molar-refractivity contribution is 7.92. The lowest BCUT2D eigenvalue weighted by atomic mass is 10.0.